The molecule has 0 unspecified atom stereocenters. The normalized spacial score (nSPS) is 20.2. The van der Waals surface area contributed by atoms with Gasteiger partial charge < -0.3 is 11.1 Å². The molecule has 1 aliphatic rings. The molecule has 0 saturated heterocycles. The molecule has 3 N–H and O–H groups in total. The SMILES string of the molecule is CC(C)(C)[C@H](N)C(=O)NC1CCCCCCC1.Cl. The van der Waals surface area contributed by atoms with Crippen LogP contribution < -0.4 is 11.1 Å². The predicted octanol–water partition coefficient (Wildman–Crippen LogP) is 3.01. The molecule has 0 radical (unpaired) electrons. The van der Waals surface area contributed by atoms with Crippen molar-refractivity contribution in [3.63, 3.8) is 0 Å². The minimum atomic E-state index is -0.409. The lowest BCUT2D eigenvalue weighted by Gasteiger charge is -2.29. The van der Waals surface area contributed by atoms with Crippen molar-refractivity contribution >= 4 is 18.3 Å². The van der Waals surface area contributed by atoms with Crippen molar-refractivity contribution in [3.05, 3.63) is 0 Å². The predicted molar refractivity (Wildman–Crippen MR) is 78.9 cm³/mol. The molecule has 108 valence electrons. The molecule has 1 rings (SSSR count). The fourth-order valence-corrected chi connectivity index (χ4v) is 2.28. The second kappa shape index (κ2) is 8.00. The van der Waals surface area contributed by atoms with Crippen molar-refractivity contribution in [2.24, 2.45) is 11.1 Å². The van der Waals surface area contributed by atoms with Gasteiger partial charge in [0.25, 0.3) is 0 Å². The van der Waals surface area contributed by atoms with Crippen molar-refractivity contribution in [2.75, 3.05) is 0 Å². The number of hydrogen-bond acceptors (Lipinski definition) is 2. The van der Waals surface area contributed by atoms with E-state index < -0.39 is 6.04 Å². The van der Waals surface area contributed by atoms with Gasteiger partial charge in [-0.05, 0) is 18.3 Å². The van der Waals surface area contributed by atoms with Crippen molar-refractivity contribution in [1.29, 1.82) is 0 Å². The molecule has 0 aliphatic heterocycles. The van der Waals surface area contributed by atoms with E-state index in [0.717, 1.165) is 12.8 Å². The van der Waals surface area contributed by atoms with Gasteiger partial charge in [0.15, 0.2) is 0 Å². The summed E-state index contributed by atoms with van der Waals surface area (Å²) in [7, 11) is 0. The summed E-state index contributed by atoms with van der Waals surface area (Å²) in [5, 5.41) is 3.13. The molecule has 0 aromatic rings. The summed E-state index contributed by atoms with van der Waals surface area (Å²) in [6.45, 7) is 6.03. The first-order valence-corrected chi connectivity index (χ1v) is 6.97. The standard InChI is InChI=1S/C14H28N2O.ClH/c1-14(2,3)12(15)13(17)16-11-9-7-5-4-6-8-10-11;/h11-12H,4-10,15H2,1-3H3,(H,16,17);1H/t12-;/m1./s1. The van der Waals surface area contributed by atoms with E-state index in [1.165, 1.54) is 32.1 Å². The van der Waals surface area contributed by atoms with Gasteiger partial charge in [-0.2, -0.15) is 0 Å². The van der Waals surface area contributed by atoms with Crippen LogP contribution in [0.4, 0.5) is 0 Å². The first kappa shape index (κ1) is 17.7. The third-order valence-corrected chi connectivity index (χ3v) is 3.67. The van der Waals surface area contributed by atoms with E-state index >= 15 is 0 Å². The smallest absolute Gasteiger partial charge is 0.237 e. The molecule has 0 heterocycles. The Bertz CT molecular complexity index is 243. The van der Waals surface area contributed by atoms with E-state index in [1.54, 1.807) is 0 Å². The maximum Gasteiger partial charge on any atom is 0.237 e. The molecule has 0 bridgehead atoms. The van der Waals surface area contributed by atoms with Crippen molar-refractivity contribution < 1.29 is 4.79 Å². The monoisotopic (exact) mass is 276 g/mol. The quantitative estimate of drug-likeness (QED) is 0.815. The highest BCUT2D eigenvalue weighted by Crippen LogP contribution is 2.20. The van der Waals surface area contributed by atoms with Crippen LogP contribution in [-0.2, 0) is 4.79 Å². The highest BCUT2D eigenvalue weighted by Gasteiger charge is 2.28. The maximum absolute atomic E-state index is 12.0. The molecule has 3 nitrogen and oxygen atoms in total. The van der Waals surface area contributed by atoms with Crippen LogP contribution in [-0.4, -0.2) is 18.0 Å². The van der Waals surface area contributed by atoms with E-state index in [2.05, 4.69) is 5.32 Å². The first-order valence-electron chi connectivity index (χ1n) is 6.97. The molecule has 1 saturated carbocycles. The Hall–Kier alpha value is -0.280. The minimum Gasteiger partial charge on any atom is -0.352 e. The Balaban J connectivity index is 0.00000289. The molecule has 1 atom stereocenters. The van der Waals surface area contributed by atoms with E-state index in [4.69, 9.17) is 5.73 Å². The summed E-state index contributed by atoms with van der Waals surface area (Å²) in [5.41, 5.74) is 5.81. The molecular weight excluding hydrogens is 248 g/mol. The zero-order chi connectivity index (χ0) is 12.9. The average Bonchev–Trinajstić information content (AvgIpc) is 2.19. The number of carbonyl (C=O) groups is 1. The van der Waals surface area contributed by atoms with Gasteiger partial charge in [0.1, 0.15) is 0 Å². The second-order valence-electron chi connectivity index (χ2n) is 6.39. The van der Waals surface area contributed by atoms with Crippen LogP contribution in [0.3, 0.4) is 0 Å². The summed E-state index contributed by atoms with van der Waals surface area (Å²) >= 11 is 0. The van der Waals surface area contributed by atoms with Crippen LogP contribution >= 0.6 is 12.4 Å². The fourth-order valence-electron chi connectivity index (χ4n) is 2.28. The van der Waals surface area contributed by atoms with Gasteiger partial charge in [0.05, 0.1) is 6.04 Å². The zero-order valence-electron chi connectivity index (χ0n) is 12.0. The van der Waals surface area contributed by atoms with Gasteiger partial charge in [-0.15, -0.1) is 12.4 Å². The van der Waals surface area contributed by atoms with E-state index in [-0.39, 0.29) is 23.7 Å². The summed E-state index contributed by atoms with van der Waals surface area (Å²) in [5.74, 6) is 0.0167. The van der Waals surface area contributed by atoms with Crippen LogP contribution in [0.5, 0.6) is 0 Å². The Kier molecular flexibility index (Phi) is 7.88. The number of nitrogens with two attached hydrogens (primary N) is 1. The minimum absolute atomic E-state index is 0. The molecule has 1 amide bonds. The first-order chi connectivity index (χ1) is 7.91. The van der Waals surface area contributed by atoms with Crippen molar-refractivity contribution in [1.82, 2.24) is 5.32 Å². The number of carbonyl (C=O) groups excluding carboxylic acids is 1. The summed E-state index contributed by atoms with van der Waals surface area (Å²) in [6, 6.07) is -0.0656. The van der Waals surface area contributed by atoms with Crippen LogP contribution in [0.25, 0.3) is 0 Å². The summed E-state index contributed by atoms with van der Waals surface area (Å²) in [4.78, 5) is 12.0. The molecular formula is C14H29ClN2O. The highest BCUT2D eigenvalue weighted by atomic mass is 35.5. The fraction of sp³-hybridized carbons (Fsp3) is 0.929. The molecule has 0 aromatic carbocycles. The van der Waals surface area contributed by atoms with Crippen LogP contribution in [0, 0.1) is 5.41 Å². The Labute approximate surface area is 118 Å². The van der Waals surface area contributed by atoms with Crippen molar-refractivity contribution in [3.8, 4) is 0 Å². The molecule has 1 fully saturated rings. The lowest BCUT2D eigenvalue weighted by Crippen LogP contribution is -2.51. The Morgan fingerprint density at radius 2 is 1.56 bits per heavy atom. The van der Waals surface area contributed by atoms with Gasteiger partial charge in [-0.1, -0.05) is 52.9 Å². The molecule has 1 aliphatic carbocycles. The van der Waals surface area contributed by atoms with Crippen molar-refractivity contribution in [2.45, 2.75) is 77.8 Å². The van der Waals surface area contributed by atoms with Gasteiger partial charge in [0.2, 0.25) is 5.91 Å². The van der Waals surface area contributed by atoms with Crippen LogP contribution in [0.1, 0.15) is 65.7 Å². The van der Waals surface area contributed by atoms with E-state index in [9.17, 15) is 4.79 Å². The lowest BCUT2D eigenvalue weighted by molar-refractivity contribution is -0.125. The lowest BCUT2D eigenvalue weighted by atomic mass is 9.86. The van der Waals surface area contributed by atoms with Crippen LogP contribution in [0.15, 0.2) is 0 Å². The number of rotatable bonds is 2. The number of hydrogen-bond donors (Lipinski definition) is 2. The zero-order valence-corrected chi connectivity index (χ0v) is 12.8. The van der Waals surface area contributed by atoms with Gasteiger partial charge >= 0.3 is 0 Å². The van der Waals surface area contributed by atoms with E-state index in [1.807, 2.05) is 20.8 Å². The maximum atomic E-state index is 12.0. The summed E-state index contributed by atoms with van der Waals surface area (Å²) < 4.78 is 0. The number of halogens is 1. The van der Waals surface area contributed by atoms with Crippen LogP contribution in [0.2, 0.25) is 0 Å². The third-order valence-electron chi connectivity index (χ3n) is 3.67. The summed E-state index contributed by atoms with van der Waals surface area (Å²) in [6.07, 6.45) is 8.65. The van der Waals surface area contributed by atoms with E-state index in [0.29, 0.717) is 6.04 Å². The second-order valence-corrected chi connectivity index (χ2v) is 6.39. The largest absolute Gasteiger partial charge is 0.352 e. The number of nitrogens with one attached hydrogen (secondary N) is 1. The molecule has 0 spiro atoms. The van der Waals surface area contributed by atoms with Gasteiger partial charge in [-0.3, -0.25) is 4.79 Å². The Morgan fingerprint density at radius 3 is 2.00 bits per heavy atom. The molecule has 4 heteroatoms. The molecule has 0 aromatic heterocycles. The Morgan fingerprint density at radius 1 is 1.11 bits per heavy atom. The highest BCUT2D eigenvalue weighted by molar-refractivity contribution is 5.85. The number of amides is 1. The molecule has 18 heavy (non-hydrogen) atoms. The third kappa shape index (κ3) is 6.05. The van der Waals surface area contributed by atoms with Gasteiger partial charge in [0, 0.05) is 6.04 Å². The topological polar surface area (TPSA) is 55.1 Å². The van der Waals surface area contributed by atoms with Gasteiger partial charge in [-0.25, -0.2) is 0 Å². The average molecular weight is 277 g/mol.